The van der Waals surface area contributed by atoms with E-state index in [0.717, 1.165) is 15.4 Å². The standard InChI is InChI=1S/C10H5BrN2O/c11-10-7-2-1-5-12-8(7)3-4-9(10)13-6-14/h1-5H. The van der Waals surface area contributed by atoms with Crippen LogP contribution in [0.1, 0.15) is 0 Å². The first kappa shape index (κ1) is 9.06. The summed E-state index contributed by atoms with van der Waals surface area (Å²) in [5, 5.41) is 0.934. The average Bonchev–Trinajstić information content (AvgIpc) is 2.23. The fourth-order valence-electron chi connectivity index (χ4n) is 1.24. The molecule has 0 unspecified atom stereocenters. The Balaban J connectivity index is 2.81. The van der Waals surface area contributed by atoms with Crippen molar-refractivity contribution in [2.75, 3.05) is 0 Å². The largest absolute Gasteiger partial charge is 0.256 e. The second-order valence-corrected chi connectivity index (χ2v) is 3.46. The van der Waals surface area contributed by atoms with E-state index in [1.165, 1.54) is 6.08 Å². The van der Waals surface area contributed by atoms with Gasteiger partial charge in [-0.15, -0.1) is 0 Å². The van der Waals surface area contributed by atoms with E-state index in [-0.39, 0.29) is 0 Å². The van der Waals surface area contributed by atoms with Crippen molar-refractivity contribution in [2.24, 2.45) is 4.99 Å². The summed E-state index contributed by atoms with van der Waals surface area (Å²) in [5.41, 5.74) is 1.43. The minimum absolute atomic E-state index is 0.570. The summed E-state index contributed by atoms with van der Waals surface area (Å²) in [6, 6.07) is 7.29. The summed E-state index contributed by atoms with van der Waals surface area (Å²) in [5.74, 6) is 0. The zero-order chi connectivity index (χ0) is 9.97. The second-order valence-electron chi connectivity index (χ2n) is 2.67. The Kier molecular flexibility index (Phi) is 2.39. The molecule has 0 aliphatic rings. The third-order valence-corrected chi connectivity index (χ3v) is 2.70. The van der Waals surface area contributed by atoms with Crippen LogP contribution >= 0.6 is 15.9 Å². The molecule has 0 saturated heterocycles. The van der Waals surface area contributed by atoms with E-state index in [2.05, 4.69) is 25.9 Å². The molecule has 3 nitrogen and oxygen atoms in total. The number of aliphatic imine (C=N–C) groups is 1. The molecule has 1 heterocycles. The van der Waals surface area contributed by atoms with Crippen LogP contribution in [0.4, 0.5) is 5.69 Å². The maximum Gasteiger partial charge on any atom is 0.240 e. The fraction of sp³-hybridized carbons (Fsp3) is 0. The van der Waals surface area contributed by atoms with Gasteiger partial charge in [0.1, 0.15) is 0 Å². The van der Waals surface area contributed by atoms with Gasteiger partial charge in [0.05, 0.1) is 15.7 Å². The number of hydrogen-bond donors (Lipinski definition) is 0. The molecule has 0 saturated carbocycles. The summed E-state index contributed by atoms with van der Waals surface area (Å²) >= 11 is 3.37. The van der Waals surface area contributed by atoms with Crippen molar-refractivity contribution in [3.8, 4) is 0 Å². The number of aromatic nitrogens is 1. The smallest absolute Gasteiger partial charge is 0.240 e. The van der Waals surface area contributed by atoms with Crippen LogP contribution in [0, 0.1) is 0 Å². The van der Waals surface area contributed by atoms with Crippen molar-refractivity contribution >= 4 is 38.6 Å². The monoisotopic (exact) mass is 248 g/mol. The number of halogens is 1. The number of nitrogens with zero attached hydrogens (tertiary/aromatic N) is 2. The lowest BCUT2D eigenvalue weighted by Crippen LogP contribution is -1.78. The van der Waals surface area contributed by atoms with E-state index < -0.39 is 0 Å². The first-order valence-corrected chi connectivity index (χ1v) is 4.73. The summed E-state index contributed by atoms with van der Waals surface area (Å²) < 4.78 is 0.770. The van der Waals surface area contributed by atoms with E-state index >= 15 is 0 Å². The van der Waals surface area contributed by atoms with Gasteiger partial charge in [-0.25, -0.2) is 4.79 Å². The van der Waals surface area contributed by atoms with Gasteiger partial charge in [-0.1, -0.05) is 6.07 Å². The normalized spacial score (nSPS) is 9.79. The molecule has 0 fully saturated rings. The van der Waals surface area contributed by atoms with Gasteiger partial charge >= 0.3 is 0 Å². The van der Waals surface area contributed by atoms with Crippen molar-refractivity contribution in [3.05, 3.63) is 34.9 Å². The highest BCUT2D eigenvalue weighted by Gasteiger charge is 2.03. The summed E-state index contributed by atoms with van der Waals surface area (Å²) in [6.45, 7) is 0. The van der Waals surface area contributed by atoms with E-state index in [1.54, 1.807) is 12.3 Å². The van der Waals surface area contributed by atoms with Crippen molar-refractivity contribution in [3.63, 3.8) is 0 Å². The van der Waals surface area contributed by atoms with Gasteiger partial charge in [-0.05, 0) is 34.1 Å². The maximum absolute atomic E-state index is 10.1. The zero-order valence-electron chi connectivity index (χ0n) is 7.07. The molecule has 0 aliphatic carbocycles. The molecule has 68 valence electrons. The predicted molar refractivity (Wildman–Crippen MR) is 57.2 cm³/mol. The van der Waals surface area contributed by atoms with E-state index in [9.17, 15) is 4.79 Å². The van der Waals surface area contributed by atoms with Crippen LogP contribution in [-0.4, -0.2) is 11.1 Å². The van der Waals surface area contributed by atoms with Crippen molar-refractivity contribution in [2.45, 2.75) is 0 Å². The highest BCUT2D eigenvalue weighted by Crippen LogP contribution is 2.31. The fourth-order valence-corrected chi connectivity index (χ4v) is 1.80. The minimum atomic E-state index is 0.570. The van der Waals surface area contributed by atoms with Gasteiger partial charge in [-0.2, -0.15) is 4.99 Å². The Morgan fingerprint density at radius 1 is 1.36 bits per heavy atom. The Hall–Kier alpha value is -1.51. The van der Waals surface area contributed by atoms with E-state index in [1.807, 2.05) is 18.2 Å². The quantitative estimate of drug-likeness (QED) is 0.575. The lowest BCUT2D eigenvalue weighted by molar-refractivity contribution is 0.565. The highest BCUT2D eigenvalue weighted by molar-refractivity contribution is 9.10. The van der Waals surface area contributed by atoms with Gasteiger partial charge in [0, 0.05) is 11.6 Å². The van der Waals surface area contributed by atoms with Crippen molar-refractivity contribution in [1.82, 2.24) is 4.98 Å². The Morgan fingerprint density at radius 2 is 2.21 bits per heavy atom. The van der Waals surface area contributed by atoms with Crippen molar-refractivity contribution < 1.29 is 4.79 Å². The Morgan fingerprint density at radius 3 is 3.00 bits per heavy atom. The van der Waals surface area contributed by atoms with E-state index in [4.69, 9.17) is 0 Å². The van der Waals surface area contributed by atoms with Gasteiger partial charge in [-0.3, -0.25) is 4.98 Å². The topological polar surface area (TPSA) is 42.3 Å². The number of rotatable bonds is 1. The lowest BCUT2D eigenvalue weighted by Gasteiger charge is -2.00. The van der Waals surface area contributed by atoms with Crippen LogP contribution in [0.5, 0.6) is 0 Å². The maximum atomic E-state index is 10.1. The second kappa shape index (κ2) is 3.70. The van der Waals surface area contributed by atoms with Gasteiger partial charge in [0.2, 0.25) is 6.08 Å². The van der Waals surface area contributed by atoms with Crippen LogP contribution in [-0.2, 0) is 4.79 Å². The van der Waals surface area contributed by atoms with Gasteiger partial charge in [0.15, 0.2) is 0 Å². The van der Waals surface area contributed by atoms with Crippen LogP contribution in [0.15, 0.2) is 39.9 Å². The third kappa shape index (κ3) is 1.45. The minimum Gasteiger partial charge on any atom is -0.256 e. The number of carbonyl (C=O) groups excluding carboxylic acids is 1. The average molecular weight is 249 g/mol. The molecule has 1 aromatic carbocycles. The van der Waals surface area contributed by atoms with Gasteiger partial charge < -0.3 is 0 Å². The molecule has 0 aliphatic heterocycles. The number of benzene rings is 1. The first-order chi connectivity index (χ1) is 6.83. The number of pyridine rings is 1. The third-order valence-electron chi connectivity index (χ3n) is 1.87. The molecule has 2 rings (SSSR count). The molecule has 0 N–H and O–H groups in total. The molecule has 4 heteroatoms. The SMILES string of the molecule is O=C=Nc1ccc2ncccc2c1Br. The molecule has 0 atom stereocenters. The number of isocyanates is 1. The van der Waals surface area contributed by atoms with E-state index in [0.29, 0.717) is 5.69 Å². The molecule has 2 aromatic rings. The molecule has 1 aromatic heterocycles. The zero-order valence-corrected chi connectivity index (χ0v) is 8.65. The summed E-state index contributed by atoms with van der Waals surface area (Å²) in [4.78, 5) is 17.9. The highest BCUT2D eigenvalue weighted by atomic mass is 79.9. The molecule has 0 amide bonds. The Labute approximate surface area is 88.6 Å². The Bertz CT molecular complexity index is 533. The van der Waals surface area contributed by atoms with Crippen LogP contribution in [0.25, 0.3) is 10.9 Å². The molecule has 14 heavy (non-hydrogen) atoms. The van der Waals surface area contributed by atoms with Crippen LogP contribution in [0.3, 0.4) is 0 Å². The molecule has 0 bridgehead atoms. The molecule has 0 spiro atoms. The van der Waals surface area contributed by atoms with Crippen LogP contribution < -0.4 is 0 Å². The predicted octanol–water partition coefficient (Wildman–Crippen LogP) is 2.96. The summed E-state index contributed by atoms with van der Waals surface area (Å²) in [6.07, 6.45) is 3.23. The molecule has 0 radical (unpaired) electrons. The molecular formula is C10H5BrN2O. The first-order valence-electron chi connectivity index (χ1n) is 3.94. The number of hydrogen-bond acceptors (Lipinski definition) is 3. The van der Waals surface area contributed by atoms with Crippen LogP contribution in [0.2, 0.25) is 0 Å². The van der Waals surface area contributed by atoms with Gasteiger partial charge in [0.25, 0.3) is 0 Å². The lowest BCUT2D eigenvalue weighted by atomic mass is 10.2. The van der Waals surface area contributed by atoms with Crippen molar-refractivity contribution in [1.29, 1.82) is 0 Å². The molecular weight excluding hydrogens is 244 g/mol. The summed E-state index contributed by atoms with van der Waals surface area (Å²) in [7, 11) is 0. The number of fused-ring (bicyclic) bond motifs is 1.